The van der Waals surface area contributed by atoms with E-state index in [0.29, 0.717) is 18.0 Å². The number of H-pyrrole nitrogens is 1. The summed E-state index contributed by atoms with van der Waals surface area (Å²) in [6, 6.07) is 16.0. The van der Waals surface area contributed by atoms with Crippen molar-refractivity contribution in [3.63, 3.8) is 0 Å². The molecular formula is C24H20N4O3. The van der Waals surface area contributed by atoms with Gasteiger partial charge in [-0.2, -0.15) is 0 Å². The molecule has 4 aromatic rings. The predicted octanol–water partition coefficient (Wildman–Crippen LogP) is 3.39. The number of carbonyl (C=O) groups excluding carboxylic acids is 2. The molecule has 154 valence electrons. The molecule has 0 unspecified atom stereocenters. The number of fused-ring (bicyclic) bond motifs is 4. The van der Waals surface area contributed by atoms with E-state index in [2.05, 4.69) is 35.0 Å². The summed E-state index contributed by atoms with van der Waals surface area (Å²) in [5, 5.41) is 10.1. The first-order chi connectivity index (χ1) is 15.0. The van der Waals surface area contributed by atoms with Gasteiger partial charge in [0.2, 0.25) is 11.8 Å². The average molecular weight is 412 g/mol. The van der Waals surface area contributed by atoms with Gasteiger partial charge in [-0.15, -0.1) is 5.10 Å². The molecule has 2 heterocycles. The highest BCUT2D eigenvalue weighted by Gasteiger charge is 2.29. The van der Waals surface area contributed by atoms with Crippen molar-refractivity contribution in [2.24, 2.45) is 5.73 Å². The Kier molecular flexibility index (Phi) is 4.25. The van der Waals surface area contributed by atoms with Gasteiger partial charge in [-0.3, -0.25) is 14.7 Å². The molecule has 0 fully saturated rings. The van der Waals surface area contributed by atoms with Crippen molar-refractivity contribution >= 4 is 33.5 Å². The molecule has 1 aromatic heterocycles. The summed E-state index contributed by atoms with van der Waals surface area (Å²) in [6.45, 7) is 4.22. The summed E-state index contributed by atoms with van der Waals surface area (Å²) in [6.07, 6.45) is 0. The number of methoxy groups -OCH3 is 1. The molecule has 7 nitrogen and oxygen atoms in total. The van der Waals surface area contributed by atoms with Crippen LogP contribution in [0.5, 0.6) is 5.88 Å². The predicted molar refractivity (Wildman–Crippen MR) is 119 cm³/mol. The Bertz CT molecular complexity index is 1400. The van der Waals surface area contributed by atoms with Gasteiger partial charge in [-0.1, -0.05) is 30.8 Å². The maximum Gasteiger partial charge on any atom is 0.254 e. The minimum absolute atomic E-state index is 0.116. The lowest BCUT2D eigenvalue weighted by molar-refractivity contribution is -0.114. The molecular weight excluding hydrogens is 392 g/mol. The Hall–Kier alpha value is -4.13. The second-order valence-electron chi connectivity index (χ2n) is 7.65. The zero-order valence-corrected chi connectivity index (χ0v) is 16.9. The van der Waals surface area contributed by atoms with Gasteiger partial charge in [0.25, 0.3) is 5.91 Å². The summed E-state index contributed by atoms with van der Waals surface area (Å²) in [4.78, 5) is 25.8. The van der Waals surface area contributed by atoms with Crippen molar-refractivity contribution in [3.05, 3.63) is 71.8 Å². The fraction of sp³-hybridized carbons (Fsp3) is 0.125. The van der Waals surface area contributed by atoms with Crippen LogP contribution in [0, 0.1) is 0 Å². The maximum atomic E-state index is 12.8. The largest absolute Gasteiger partial charge is 0.480 e. The Morgan fingerprint density at radius 2 is 1.87 bits per heavy atom. The third-order valence-corrected chi connectivity index (χ3v) is 5.78. The smallest absolute Gasteiger partial charge is 0.254 e. The van der Waals surface area contributed by atoms with Gasteiger partial charge >= 0.3 is 0 Å². The van der Waals surface area contributed by atoms with Crippen molar-refractivity contribution in [2.75, 3.05) is 13.7 Å². The zero-order valence-electron chi connectivity index (χ0n) is 16.9. The number of carbonyl (C=O) groups is 2. The van der Waals surface area contributed by atoms with E-state index in [9.17, 15) is 9.59 Å². The number of nitrogens with one attached hydrogen (secondary N) is 1. The number of hydrogen-bond acceptors (Lipinski definition) is 4. The van der Waals surface area contributed by atoms with E-state index in [1.165, 1.54) is 0 Å². The zero-order chi connectivity index (χ0) is 21.7. The van der Waals surface area contributed by atoms with Crippen LogP contribution in [0.3, 0.4) is 0 Å². The van der Waals surface area contributed by atoms with Gasteiger partial charge in [-0.05, 0) is 51.7 Å². The molecule has 2 amide bonds. The van der Waals surface area contributed by atoms with Crippen LogP contribution in [0.25, 0.3) is 32.8 Å². The van der Waals surface area contributed by atoms with E-state index in [4.69, 9.17) is 10.5 Å². The molecule has 1 aliphatic heterocycles. The van der Waals surface area contributed by atoms with Crippen molar-refractivity contribution in [1.29, 1.82) is 0 Å². The van der Waals surface area contributed by atoms with Crippen LogP contribution in [-0.2, 0) is 11.3 Å². The Morgan fingerprint density at radius 3 is 2.61 bits per heavy atom. The lowest BCUT2D eigenvalue weighted by Gasteiger charge is -2.15. The quantitative estimate of drug-likeness (QED) is 0.491. The van der Waals surface area contributed by atoms with Crippen LogP contribution in [0.1, 0.15) is 15.9 Å². The summed E-state index contributed by atoms with van der Waals surface area (Å²) >= 11 is 0. The highest BCUT2D eigenvalue weighted by Crippen LogP contribution is 2.35. The molecule has 1 aliphatic rings. The first kappa shape index (κ1) is 18.9. The first-order valence-corrected chi connectivity index (χ1v) is 9.81. The van der Waals surface area contributed by atoms with E-state index in [1.54, 1.807) is 12.0 Å². The number of primary amides is 1. The lowest BCUT2D eigenvalue weighted by Crippen LogP contribution is -2.30. The summed E-state index contributed by atoms with van der Waals surface area (Å²) in [5.41, 5.74) is 10.1. The van der Waals surface area contributed by atoms with Crippen LogP contribution >= 0.6 is 0 Å². The van der Waals surface area contributed by atoms with Gasteiger partial charge < -0.3 is 15.4 Å². The monoisotopic (exact) mass is 412 g/mol. The number of hydrogen-bond donors (Lipinski definition) is 2. The van der Waals surface area contributed by atoms with Crippen molar-refractivity contribution in [1.82, 2.24) is 15.1 Å². The fourth-order valence-corrected chi connectivity index (χ4v) is 4.13. The van der Waals surface area contributed by atoms with Crippen LogP contribution in [0.4, 0.5) is 0 Å². The molecule has 0 spiro atoms. The van der Waals surface area contributed by atoms with E-state index >= 15 is 0 Å². The normalized spacial score (nSPS) is 13.1. The van der Waals surface area contributed by atoms with Crippen LogP contribution in [0.15, 0.2) is 60.7 Å². The molecule has 0 aliphatic carbocycles. The summed E-state index contributed by atoms with van der Waals surface area (Å²) in [7, 11) is 1.59. The second kappa shape index (κ2) is 6.98. The lowest BCUT2D eigenvalue weighted by atomic mass is 9.96. The third-order valence-electron chi connectivity index (χ3n) is 5.78. The molecule has 0 saturated heterocycles. The molecule has 7 heteroatoms. The number of aromatic nitrogens is 2. The summed E-state index contributed by atoms with van der Waals surface area (Å²) < 4.78 is 5.34. The van der Waals surface area contributed by atoms with E-state index < -0.39 is 5.91 Å². The number of benzene rings is 3. The van der Waals surface area contributed by atoms with Crippen LogP contribution < -0.4 is 10.5 Å². The van der Waals surface area contributed by atoms with Crippen molar-refractivity contribution in [3.8, 4) is 17.0 Å². The SMILES string of the molecule is C=C(CN1Cc2c(ccc3ccc(-c4ccc5[nH]nc(OC)c5c4)cc23)C1=O)C(N)=O. The molecule has 0 saturated carbocycles. The summed E-state index contributed by atoms with van der Waals surface area (Å²) in [5.74, 6) is -0.162. The Morgan fingerprint density at radius 1 is 1.16 bits per heavy atom. The molecule has 0 radical (unpaired) electrons. The third kappa shape index (κ3) is 3.02. The van der Waals surface area contributed by atoms with Crippen molar-refractivity contribution in [2.45, 2.75) is 6.54 Å². The molecule has 5 rings (SSSR count). The van der Waals surface area contributed by atoms with E-state index in [1.807, 2.05) is 30.3 Å². The minimum atomic E-state index is -0.596. The maximum absolute atomic E-state index is 12.8. The highest BCUT2D eigenvalue weighted by molar-refractivity contribution is 6.06. The fourth-order valence-electron chi connectivity index (χ4n) is 4.13. The van der Waals surface area contributed by atoms with Gasteiger partial charge in [0.1, 0.15) is 0 Å². The van der Waals surface area contributed by atoms with Gasteiger partial charge in [0.05, 0.1) is 24.6 Å². The molecule has 3 N–H and O–H groups in total. The van der Waals surface area contributed by atoms with Gasteiger partial charge in [0.15, 0.2) is 0 Å². The van der Waals surface area contributed by atoms with Gasteiger partial charge in [-0.25, -0.2) is 0 Å². The molecule has 0 atom stereocenters. The van der Waals surface area contributed by atoms with Crippen LogP contribution in [-0.4, -0.2) is 40.6 Å². The molecule has 31 heavy (non-hydrogen) atoms. The molecule has 0 bridgehead atoms. The Labute approximate surface area is 178 Å². The minimum Gasteiger partial charge on any atom is -0.480 e. The average Bonchev–Trinajstić information content (AvgIpc) is 3.33. The Balaban J connectivity index is 1.58. The standard InChI is InChI=1S/C24H20N4O3/c1-13(22(25)29)11-28-12-20-17(24(28)30)7-5-14-3-4-15(9-18(14)20)16-6-8-21-19(10-16)23(31-2)27-26-21/h3-10H,1,11-12H2,2H3,(H2,25,29)(H,26,27). The van der Waals surface area contributed by atoms with E-state index in [0.717, 1.165) is 38.4 Å². The van der Waals surface area contributed by atoms with Gasteiger partial charge in [0, 0.05) is 17.7 Å². The first-order valence-electron chi connectivity index (χ1n) is 9.81. The number of ether oxygens (including phenoxy) is 1. The molecule has 3 aromatic carbocycles. The van der Waals surface area contributed by atoms with Crippen molar-refractivity contribution < 1.29 is 14.3 Å². The van der Waals surface area contributed by atoms with E-state index in [-0.39, 0.29) is 18.0 Å². The number of nitrogens with zero attached hydrogens (tertiary/aromatic N) is 2. The number of aromatic amines is 1. The number of nitrogens with two attached hydrogens (primary N) is 1. The van der Waals surface area contributed by atoms with Crippen LogP contribution in [0.2, 0.25) is 0 Å². The second-order valence-corrected chi connectivity index (χ2v) is 7.65. The number of rotatable bonds is 5. The number of amides is 2. The highest BCUT2D eigenvalue weighted by atomic mass is 16.5. The topological polar surface area (TPSA) is 101 Å².